The van der Waals surface area contributed by atoms with Gasteiger partial charge in [0.2, 0.25) is 0 Å². The molecule has 0 amide bonds. The van der Waals surface area contributed by atoms with Gasteiger partial charge in [-0.15, -0.1) is 0 Å². The Morgan fingerprint density at radius 1 is 0.259 bits per heavy atom. The minimum absolute atomic E-state index is 0.100. The van der Waals surface area contributed by atoms with Crippen LogP contribution in [0, 0.1) is 0 Å². The summed E-state index contributed by atoms with van der Waals surface area (Å²) < 4.78 is 16.9. The quantitative estimate of drug-likeness (QED) is 0.0261. The lowest BCUT2D eigenvalue weighted by molar-refractivity contribution is -0.167. The van der Waals surface area contributed by atoms with Crippen LogP contribution >= 0.6 is 0 Å². The highest BCUT2D eigenvalue weighted by Crippen LogP contribution is 2.14. The SMILES string of the molecule is CC/C=C\C/C=C\C/C=C\C/C=C\C/C=C\C/C=C\C/C=C\C/C=C\CCCCCCC(=O)OCC(COC(=O)CCCCCCC/C=C\CCCCCC)OC(=O)CCCCCCCC/C=C\C/C=C\C/C=C\CCCCCCC. The second kappa shape index (κ2) is 67.8. The normalized spacial score (nSPS) is 13.1. The Morgan fingerprint density at radius 3 is 0.778 bits per heavy atom. The second-order valence-corrected chi connectivity index (χ2v) is 21.6. The van der Waals surface area contributed by atoms with Crippen LogP contribution in [-0.2, 0) is 28.6 Å². The first-order valence-corrected chi connectivity index (χ1v) is 33.3. The van der Waals surface area contributed by atoms with E-state index < -0.39 is 6.10 Å². The fraction of sp³-hybridized carbons (Fsp3) is 0.640. The molecule has 0 aliphatic carbocycles. The molecule has 0 heterocycles. The van der Waals surface area contributed by atoms with E-state index in [-0.39, 0.29) is 31.1 Å². The van der Waals surface area contributed by atoms with Gasteiger partial charge in [0, 0.05) is 19.3 Å². The summed E-state index contributed by atoms with van der Waals surface area (Å²) in [6.07, 6.45) is 97.1. The van der Waals surface area contributed by atoms with Crippen molar-refractivity contribution in [2.24, 2.45) is 0 Å². The second-order valence-electron chi connectivity index (χ2n) is 21.6. The lowest BCUT2D eigenvalue weighted by Gasteiger charge is -2.18. The number of hydrogen-bond acceptors (Lipinski definition) is 6. The van der Waals surface area contributed by atoms with Crippen molar-refractivity contribution in [1.82, 2.24) is 0 Å². The van der Waals surface area contributed by atoms with Crippen molar-refractivity contribution in [3.05, 3.63) is 146 Å². The molecule has 0 aromatic rings. The van der Waals surface area contributed by atoms with Crippen LogP contribution in [-0.4, -0.2) is 37.2 Å². The molecule has 0 saturated heterocycles. The van der Waals surface area contributed by atoms with E-state index in [1.165, 1.54) is 89.9 Å². The third kappa shape index (κ3) is 66.0. The Balaban J connectivity index is 4.43. The first-order valence-electron chi connectivity index (χ1n) is 33.3. The van der Waals surface area contributed by atoms with Crippen LogP contribution in [0.4, 0.5) is 0 Å². The van der Waals surface area contributed by atoms with E-state index in [1.54, 1.807) is 0 Å². The first-order chi connectivity index (χ1) is 40.0. The Morgan fingerprint density at radius 2 is 0.481 bits per heavy atom. The average molecular weight is 1120 g/mol. The zero-order valence-corrected chi connectivity index (χ0v) is 52.5. The molecule has 81 heavy (non-hydrogen) atoms. The van der Waals surface area contributed by atoms with Gasteiger partial charge in [-0.05, 0) is 148 Å². The molecule has 458 valence electrons. The van der Waals surface area contributed by atoms with E-state index in [2.05, 4.69) is 167 Å². The van der Waals surface area contributed by atoms with Gasteiger partial charge < -0.3 is 14.2 Å². The van der Waals surface area contributed by atoms with E-state index in [9.17, 15) is 14.4 Å². The fourth-order valence-electron chi connectivity index (χ4n) is 8.81. The molecule has 6 heteroatoms. The maximum absolute atomic E-state index is 12.9. The Bertz CT molecular complexity index is 1760. The summed E-state index contributed by atoms with van der Waals surface area (Å²) >= 11 is 0. The summed E-state index contributed by atoms with van der Waals surface area (Å²) in [6, 6.07) is 0. The molecule has 0 spiro atoms. The number of esters is 3. The van der Waals surface area contributed by atoms with Crippen LogP contribution in [0.5, 0.6) is 0 Å². The molecule has 0 radical (unpaired) electrons. The number of carbonyl (C=O) groups is 3. The number of rotatable bonds is 59. The Labute approximate surface area is 499 Å². The van der Waals surface area contributed by atoms with E-state index in [0.29, 0.717) is 19.3 Å². The summed E-state index contributed by atoms with van der Waals surface area (Å²) in [7, 11) is 0. The van der Waals surface area contributed by atoms with Crippen molar-refractivity contribution in [2.45, 2.75) is 297 Å². The summed E-state index contributed by atoms with van der Waals surface area (Å²) in [4.78, 5) is 38.3. The minimum atomic E-state index is -0.807. The monoisotopic (exact) mass is 1120 g/mol. The van der Waals surface area contributed by atoms with Crippen LogP contribution in [0.2, 0.25) is 0 Å². The summed E-state index contributed by atoms with van der Waals surface area (Å²) in [5, 5.41) is 0. The van der Waals surface area contributed by atoms with Crippen LogP contribution in [0.1, 0.15) is 290 Å². The van der Waals surface area contributed by atoms with Crippen molar-refractivity contribution in [2.75, 3.05) is 13.2 Å². The molecular formula is C75H122O6. The van der Waals surface area contributed by atoms with Gasteiger partial charge in [0.25, 0.3) is 0 Å². The van der Waals surface area contributed by atoms with Crippen molar-refractivity contribution >= 4 is 17.9 Å². The Hall–Kier alpha value is -4.71. The highest BCUT2D eigenvalue weighted by atomic mass is 16.6. The molecule has 6 nitrogen and oxygen atoms in total. The van der Waals surface area contributed by atoms with Crippen molar-refractivity contribution < 1.29 is 28.6 Å². The number of carbonyl (C=O) groups excluding carboxylic acids is 3. The van der Waals surface area contributed by atoms with Gasteiger partial charge in [0.15, 0.2) is 6.10 Å². The standard InChI is InChI=1S/C75H122O6/c1-4-7-10-13-16-19-22-25-27-29-31-33-34-35-36-37-38-39-40-42-43-45-47-50-53-56-59-62-65-68-74(77)80-71-72(70-79-73(76)67-64-61-58-55-52-49-24-21-18-15-12-9-6-3)81-75(78)69-66-63-60-57-54-51-48-46-44-41-32-30-28-26-23-20-17-14-11-8-5-2/h7,10,16,19,21,23-27,30-33,35-36,38-39,42-44,46-47,50,72H,4-6,8-9,11-15,17-18,20,22,28-29,34,37,40-41,45,48-49,51-71H2,1-3H3/b10-7-,19-16-,24-21-,26-23-,27-25-,32-30-,33-31-,36-35-,39-38-,43-42-,46-44-,50-47-. The number of unbranched alkanes of at least 4 members (excludes halogenated alkanes) is 24. The van der Waals surface area contributed by atoms with E-state index in [1.807, 2.05) is 0 Å². The lowest BCUT2D eigenvalue weighted by Crippen LogP contribution is -2.30. The molecule has 1 unspecified atom stereocenters. The largest absolute Gasteiger partial charge is 0.462 e. The molecular weight excluding hydrogens is 997 g/mol. The highest BCUT2D eigenvalue weighted by molar-refractivity contribution is 5.71. The third-order valence-corrected chi connectivity index (χ3v) is 13.8. The van der Waals surface area contributed by atoms with Crippen molar-refractivity contribution in [3.63, 3.8) is 0 Å². The first kappa shape index (κ1) is 76.3. The molecule has 0 bridgehead atoms. The zero-order valence-electron chi connectivity index (χ0n) is 52.5. The molecule has 0 N–H and O–H groups in total. The summed E-state index contributed by atoms with van der Waals surface area (Å²) in [5.74, 6) is -0.946. The van der Waals surface area contributed by atoms with Gasteiger partial charge in [-0.2, -0.15) is 0 Å². The topological polar surface area (TPSA) is 78.9 Å². The molecule has 0 saturated carbocycles. The van der Waals surface area contributed by atoms with Gasteiger partial charge in [-0.25, -0.2) is 0 Å². The molecule has 0 aromatic carbocycles. The van der Waals surface area contributed by atoms with Gasteiger partial charge in [-0.3, -0.25) is 14.4 Å². The van der Waals surface area contributed by atoms with Gasteiger partial charge in [0.05, 0.1) is 0 Å². The molecule has 1 atom stereocenters. The van der Waals surface area contributed by atoms with Crippen LogP contribution in [0.15, 0.2) is 146 Å². The van der Waals surface area contributed by atoms with E-state index in [0.717, 1.165) is 161 Å². The molecule has 0 aliphatic heterocycles. The maximum atomic E-state index is 12.9. The van der Waals surface area contributed by atoms with E-state index >= 15 is 0 Å². The maximum Gasteiger partial charge on any atom is 0.306 e. The number of ether oxygens (including phenoxy) is 3. The number of allylic oxidation sites excluding steroid dienone is 24. The highest BCUT2D eigenvalue weighted by Gasteiger charge is 2.19. The Kier molecular flexibility index (Phi) is 63.9. The van der Waals surface area contributed by atoms with E-state index in [4.69, 9.17) is 14.2 Å². The van der Waals surface area contributed by atoms with Gasteiger partial charge >= 0.3 is 17.9 Å². The average Bonchev–Trinajstić information content (AvgIpc) is 3.46. The van der Waals surface area contributed by atoms with Crippen molar-refractivity contribution in [3.8, 4) is 0 Å². The van der Waals surface area contributed by atoms with Gasteiger partial charge in [-0.1, -0.05) is 269 Å². The smallest absolute Gasteiger partial charge is 0.306 e. The molecule has 0 rings (SSSR count). The summed E-state index contributed by atoms with van der Waals surface area (Å²) in [5.41, 5.74) is 0. The fourth-order valence-corrected chi connectivity index (χ4v) is 8.81. The molecule has 0 aliphatic rings. The molecule has 0 aromatic heterocycles. The number of hydrogen-bond donors (Lipinski definition) is 0. The van der Waals surface area contributed by atoms with Crippen LogP contribution in [0.25, 0.3) is 0 Å². The van der Waals surface area contributed by atoms with Crippen LogP contribution in [0.3, 0.4) is 0 Å². The zero-order chi connectivity index (χ0) is 58.5. The summed E-state index contributed by atoms with van der Waals surface area (Å²) in [6.45, 7) is 6.47. The van der Waals surface area contributed by atoms with Crippen LogP contribution < -0.4 is 0 Å². The predicted molar refractivity (Wildman–Crippen MR) is 352 cm³/mol. The molecule has 0 fully saturated rings. The van der Waals surface area contributed by atoms with Crippen molar-refractivity contribution in [1.29, 1.82) is 0 Å². The lowest BCUT2D eigenvalue weighted by atomic mass is 10.1. The minimum Gasteiger partial charge on any atom is -0.462 e. The predicted octanol–water partition coefficient (Wildman–Crippen LogP) is 23.1. The third-order valence-electron chi connectivity index (χ3n) is 13.8. The van der Waals surface area contributed by atoms with Gasteiger partial charge in [0.1, 0.15) is 13.2 Å².